The molecule has 3 heteroatoms. The van der Waals surface area contributed by atoms with Crippen LogP contribution in [0.15, 0.2) is 11.8 Å². The minimum Gasteiger partial charge on any atom is -0.378 e. The molecule has 62 valence electrons. The molecule has 1 aliphatic rings. The van der Waals surface area contributed by atoms with Gasteiger partial charge in [0, 0.05) is 13.1 Å². The largest absolute Gasteiger partial charge is 0.378 e. The number of ether oxygens (including phenoxy) is 1. The molecular weight excluding hydrogens is 142 g/mol. The zero-order valence-corrected chi connectivity index (χ0v) is 6.75. The summed E-state index contributed by atoms with van der Waals surface area (Å²) in [6.07, 6.45) is 2.73. The molecule has 1 saturated heterocycles. The van der Waals surface area contributed by atoms with Gasteiger partial charge in [0.2, 0.25) is 0 Å². The fourth-order valence-corrected chi connectivity index (χ4v) is 1.15. The van der Waals surface area contributed by atoms with Gasteiger partial charge in [-0.3, -0.25) is 4.79 Å². The lowest BCUT2D eigenvalue weighted by Crippen LogP contribution is -2.35. The van der Waals surface area contributed by atoms with Crippen LogP contribution in [0, 0.1) is 0 Å². The summed E-state index contributed by atoms with van der Waals surface area (Å²) in [6.45, 7) is 4.99. The first-order valence-electron chi connectivity index (χ1n) is 3.82. The van der Waals surface area contributed by atoms with E-state index in [9.17, 15) is 4.79 Å². The average Bonchev–Trinajstić information content (AvgIpc) is 2.09. The van der Waals surface area contributed by atoms with Crippen LogP contribution >= 0.6 is 0 Å². The molecule has 0 amide bonds. The normalized spacial score (nSPS) is 20.1. The maximum Gasteiger partial charge on any atom is 0.165 e. The van der Waals surface area contributed by atoms with Crippen LogP contribution in [0.2, 0.25) is 0 Å². The molecule has 0 bridgehead atoms. The lowest BCUT2D eigenvalue weighted by molar-refractivity contribution is -0.106. The van der Waals surface area contributed by atoms with Gasteiger partial charge in [0.1, 0.15) is 0 Å². The van der Waals surface area contributed by atoms with Crippen LogP contribution in [0.25, 0.3) is 0 Å². The van der Waals surface area contributed by atoms with Crippen molar-refractivity contribution in [2.75, 3.05) is 26.3 Å². The number of carbonyl (C=O) groups excluding carboxylic acids is 1. The molecule has 0 saturated carbocycles. The number of hydrogen-bond donors (Lipinski definition) is 0. The Morgan fingerprint density at radius 1 is 1.45 bits per heavy atom. The number of morpholine rings is 1. The molecule has 0 aromatic carbocycles. The summed E-state index contributed by atoms with van der Waals surface area (Å²) in [5.41, 5.74) is 0.772. The van der Waals surface area contributed by atoms with Crippen LogP contribution in [0.1, 0.15) is 6.92 Å². The molecule has 0 radical (unpaired) electrons. The Morgan fingerprint density at radius 3 is 2.55 bits per heavy atom. The minimum absolute atomic E-state index is 0.727. The van der Waals surface area contributed by atoms with Crippen LogP contribution in [0.3, 0.4) is 0 Å². The summed E-state index contributed by atoms with van der Waals surface area (Å²) in [6, 6.07) is 0. The van der Waals surface area contributed by atoms with E-state index in [2.05, 4.69) is 0 Å². The lowest BCUT2D eigenvalue weighted by atomic mass is 10.3. The zero-order valence-electron chi connectivity index (χ0n) is 6.75. The van der Waals surface area contributed by atoms with E-state index < -0.39 is 0 Å². The van der Waals surface area contributed by atoms with Crippen molar-refractivity contribution in [1.82, 2.24) is 4.90 Å². The number of carbonyl (C=O) groups is 1. The van der Waals surface area contributed by atoms with E-state index in [1.165, 1.54) is 0 Å². The summed E-state index contributed by atoms with van der Waals surface area (Å²) in [4.78, 5) is 12.5. The van der Waals surface area contributed by atoms with Gasteiger partial charge in [-0.05, 0) is 6.92 Å². The molecule has 1 rings (SSSR count). The van der Waals surface area contributed by atoms with Gasteiger partial charge in [0.15, 0.2) is 6.29 Å². The van der Waals surface area contributed by atoms with Crippen LogP contribution in [0.4, 0.5) is 0 Å². The topological polar surface area (TPSA) is 29.5 Å². The van der Waals surface area contributed by atoms with Gasteiger partial charge in [-0.15, -0.1) is 0 Å². The Kier molecular flexibility index (Phi) is 3.11. The molecular formula is C8H13NO2. The van der Waals surface area contributed by atoms with Crippen LogP contribution < -0.4 is 0 Å². The van der Waals surface area contributed by atoms with Gasteiger partial charge in [0.25, 0.3) is 0 Å². The van der Waals surface area contributed by atoms with E-state index in [0.29, 0.717) is 0 Å². The monoisotopic (exact) mass is 155 g/mol. The number of allylic oxidation sites excluding steroid dienone is 2. The standard InChI is InChI=1S/C8H13NO2/c1-2-8(7-10)9-3-5-11-6-4-9/h2,7H,3-6H2,1H3. The van der Waals surface area contributed by atoms with Gasteiger partial charge in [0.05, 0.1) is 18.9 Å². The smallest absolute Gasteiger partial charge is 0.165 e. The van der Waals surface area contributed by atoms with Gasteiger partial charge in [-0.2, -0.15) is 0 Å². The summed E-state index contributed by atoms with van der Waals surface area (Å²) in [5, 5.41) is 0. The molecule has 0 aromatic rings. The van der Waals surface area contributed by atoms with Crippen molar-refractivity contribution in [3.8, 4) is 0 Å². The first-order valence-corrected chi connectivity index (χ1v) is 3.82. The van der Waals surface area contributed by atoms with Gasteiger partial charge < -0.3 is 9.64 Å². The third-order valence-electron chi connectivity index (χ3n) is 1.79. The molecule has 0 spiro atoms. The quantitative estimate of drug-likeness (QED) is 0.427. The van der Waals surface area contributed by atoms with E-state index >= 15 is 0 Å². The molecule has 1 aliphatic heterocycles. The highest BCUT2D eigenvalue weighted by atomic mass is 16.5. The number of rotatable bonds is 2. The van der Waals surface area contributed by atoms with Gasteiger partial charge >= 0.3 is 0 Å². The maximum absolute atomic E-state index is 10.5. The van der Waals surface area contributed by atoms with Crippen LogP contribution in [-0.2, 0) is 9.53 Å². The predicted molar refractivity (Wildman–Crippen MR) is 42.2 cm³/mol. The Labute approximate surface area is 66.6 Å². The van der Waals surface area contributed by atoms with Crippen molar-refractivity contribution in [3.63, 3.8) is 0 Å². The Balaban J connectivity index is 2.49. The molecule has 0 aliphatic carbocycles. The number of nitrogens with zero attached hydrogens (tertiary/aromatic N) is 1. The van der Waals surface area contributed by atoms with E-state index in [-0.39, 0.29) is 0 Å². The SMILES string of the molecule is CC=C(C=O)N1CCOCC1. The third-order valence-corrected chi connectivity index (χ3v) is 1.79. The van der Waals surface area contributed by atoms with Crippen molar-refractivity contribution >= 4 is 6.29 Å². The molecule has 1 fully saturated rings. The first-order chi connectivity index (χ1) is 5.38. The Bertz CT molecular complexity index is 159. The summed E-state index contributed by atoms with van der Waals surface area (Å²) < 4.78 is 5.15. The molecule has 3 nitrogen and oxygen atoms in total. The summed E-state index contributed by atoms with van der Waals surface area (Å²) >= 11 is 0. The lowest BCUT2D eigenvalue weighted by Gasteiger charge is -2.28. The van der Waals surface area contributed by atoms with Gasteiger partial charge in [-0.25, -0.2) is 0 Å². The van der Waals surface area contributed by atoms with E-state index in [1.807, 2.05) is 17.9 Å². The highest BCUT2D eigenvalue weighted by molar-refractivity contribution is 5.72. The Morgan fingerprint density at radius 2 is 2.09 bits per heavy atom. The van der Waals surface area contributed by atoms with Crippen molar-refractivity contribution in [2.45, 2.75) is 6.92 Å². The molecule has 11 heavy (non-hydrogen) atoms. The second-order valence-corrected chi connectivity index (χ2v) is 2.43. The number of hydrogen-bond acceptors (Lipinski definition) is 3. The maximum atomic E-state index is 10.5. The van der Waals surface area contributed by atoms with E-state index in [1.54, 1.807) is 0 Å². The van der Waals surface area contributed by atoms with Crippen LogP contribution in [-0.4, -0.2) is 37.5 Å². The molecule has 0 N–H and O–H groups in total. The molecule has 1 heterocycles. The first kappa shape index (κ1) is 8.27. The van der Waals surface area contributed by atoms with E-state index in [0.717, 1.165) is 38.3 Å². The molecule has 0 aromatic heterocycles. The van der Waals surface area contributed by atoms with Crippen molar-refractivity contribution in [2.24, 2.45) is 0 Å². The summed E-state index contributed by atoms with van der Waals surface area (Å²) in [7, 11) is 0. The third kappa shape index (κ3) is 2.05. The molecule has 0 atom stereocenters. The van der Waals surface area contributed by atoms with Gasteiger partial charge in [-0.1, -0.05) is 6.08 Å². The average molecular weight is 155 g/mol. The van der Waals surface area contributed by atoms with E-state index in [4.69, 9.17) is 4.74 Å². The summed E-state index contributed by atoms with van der Waals surface area (Å²) in [5.74, 6) is 0. The fraction of sp³-hybridized carbons (Fsp3) is 0.625. The highest BCUT2D eigenvalue weighted by Gasteiger charge is 2.11. The zero-order chi connectivity index (χ0) is 8.10. The van der Waals surface area contributed by atoms with Crippen molar-refractivity contribution in [3.05, 3.63) is 11.8 Å². The van der Waals surface area contributed by atoms with Crippen molar-refractivity contribution in [1.29, 1.82) is 0 Å². The molecule has 0 unspecified atom stereocenters. The highest BCUT2D eigenvalue weighted by Crippen LogP contribution is 2.04. The van der Waals surface area contributed by atoms with Crippen LogP contribution in [0.5, 0.6) is 0 Å². The minimum atomic E-state index is 0.727. The fourth-order valence-electron chi connectivity index (χ4n) is 1.15. The Hall–Kier alpha value is -0.830. The predicted octanol–water partition coefficient (Wildman–Crippen LogP) is 0.421. The second kappa shape index (κ2) is 4.13. The number of aldehydes is 1. The van der Waals surface area contributed by atoms with Crippen molar-refractivity contribution < 1.29 is 9.53 Å². The second-order valence-electron chi connectivity index (χ2n) is 2.43.